The second-order valence-corrected chi connectivity index (χ2v) is 6.52. The van der Waals surface area contributed by atoms with Crippen molar-refractivity contribution in [1.29, 1.82) is 0 Å². The van der Waals surface area contributed by atoms with Crippen LogP contribution in [0.25, 0.3) is 0 Å². The third kappa shape index (κ3) is 2.51. The van der Waals surface area contributed by atoms with Gasteiger partial charge >= 0.3 is 5.97 Å². The Hall–Kier alpha value is -1.10. The van der Waals surface area contributed by atoms with E-state index in [1.165, 1.54) is 0 Å². The standard InChI is InChI=1S/C13H21NO4/c1-12(2)6-9(13(3,4)18-12)14-10(15)7-5-8(7)11(16)17/h7-9H,5-6H2,1-4H3,(H,14,15)(H,16,17). The van der Waals surface area contributed by atoms with Crippen LogP contribution in [0.15, 0.2) is 0 Å². The molecule has 1 heterocycles. The van der Waals surface area contributed by atoms with Gasteiger partial charge in [-0.15, -0.1) is 0 Å². The largest absolute Gasteiger partial charge is 0.481 e. The van der Waals surface area contributed by atoms with Crippen LogP contribution in [0.5, 0.6) is 0 Å². The van der Waals surface area contributed by atoms with Crippen molar-refractivity contribution >= 4 is 11.9 Å². The summed E-state index contributed by atoms with van der Waals surface area (Å²) in [5.74, 6) is -1.88. The molecule has 1 aliphatic heterocycles. The van der Waals surface area contributed by atoms with Crippen molar-refractivity contribution in [2.24, 2.45) is 11.8 Å². The molecule has 1 saturated carbocycles. The minimum atomic E-state index is -0.877. The molecule has 102 valence electrons. The van der Waals surface area contributed by atoms with Crippen LogP contribution >= 0.6 is 0 Å². The molecule has 1 aliphatic carbocycles. The van der Waals surface area contributed by atoms with Crippen molar-refractivity contribution in [1.82, 2.24) is 5.32 Å². The van der Waals surface area contributed by atoms with Crippen molar-refractivity contribution in [2.75, 3.05) is 0 Å². The molecule has 3 atom stereocenters. The van der Waals surface area contributed by atoms with E-state index in [1.54, 1.807) is 0 Å². The molecule has 5 nitrogen and oxygen atoms in total. The van der Waals surface area contributed by atoms with Gasteiger partial charge in [-0.05, 0) is 40.5 Å². The van der Waals surface area contributed by atoms with Crippen LogP contribution in [0.2, 0.25) is 0 Å². The van der Waals surface area contributed by atoms with E-state index in [1.807, 2.05) is 27.7 Å². The number of rotatable bonds is 3. The second kappa shape index (κ2) is 3.95. The molecule has 0 spiro atoms. The Morgan fingerprint density at radius 2 is 1.83 bits per heavy atom. The summed E-state index contributed by atoms with van der Waals surface area (Å²) in [4.78, 5) is 22.7. The zero-order valence-corrected chi connectivity index (χ0v) is 11.3. The Kier molecular flexibility index (Phi) is 2.93. The molecular formula is C13H21NO4. The maximum Gasteiger partial charge on any atom is 0.307 e. The van der Waals surface area contributed by atoms with Gasteiger partial charge in [0.05, 0.1) is 29.1 Å². The van der Waals surface area contributed by atoms with Crippen LogP contribution in [-0.2, 0) is 14.3 Å². The fourth-order valence-electron chi connectivity index (χ4n) is 2.82. The summed E-state index contributed by atoms with van der Waals surface area (Å²) in [6.07, 6.45) is 1.20. The molecule has 2 rings (SSSR count). The highest BCUT2D eigenvalue weighted by atomic mass is 16.5. The average molecular weight is 255 g/mol. The number of amides is 1. The number of hydrogen-bond acceptors (Lipinski definition) is 3. The third-order valence-corrected chi connectivity index (χ3v) is 3.84. The molecule has 1 amide bonds. The van der Waals surface area contributed by atoms with Gasteiger partial charge in [0.1, 0.15) is 0 Å². The van der Waals surface area contributed by atoms with Gasteiger partial charge in [-0.3, -0.25) is 9.59 Å². The molecule has 1 saturated heterocycles. The summed E-state index contributed by atoms with van der Waals surface area (Å²) in [5, 5.41) is 11.8. The van der Waals surface area contributed by atoms with Crippen LogP contribution in [0.1, 0.15) is 40.5 Å². The highest BCUT2D eigenvalue weighted by Crippen LogP contribution is 2.41. The second-order valence-electron chi connectivity index (χ2n) is 6.52. The number of aliphatic carboxylic acids is 1. The number of ether oxygens (including phenoxy) is 1. The van der Waals surface area contributed by atoms with Crippen LogP contribution in [0.4, 0.5) is 0 Å². The minimum Gasteiger partial charge on any atom is -0.481 e. The van der Waals surface area contributed by atoms with Gasteiger partial charge in [-0.25, -0.2) is 0 Å². The number of carboxylic acid groups (broad SMARTS) is 1. The number of hydrogen-bond donors (Lipinski definition) is 2. The first kappa shape index (κ1) is 13.3. The fraction of sp³-hybridized carbons (Fsp3) is 0.846. The molecule has 5 heteroatoms. The van der Waals surface area contributed by atoms with Gasteiger partial charge in [0.2, 0.25) is 5.91 Å². The van der Waals surface area contributed by atoms with Crippen LogP contribution in [0, 0.1) is 11.8 Å². The van der Waals surface area contributed by atoms with Gasteiger partial charge in [0.25, 0.3) is 0 Å². The maximum absolute atomic E-state index is 11.9. The third-order valence-electron chi connectivity index (χ3n) is 3.84. The van der Waals surface area contributed by atoms with Crippen molar-refractivity contribution in [3.05, 3.63) is 0 Å². The molecule has 2 aliphatic rings. The van der Waals surface area contributed by atoms with Gasteiger partial charge in [0.15, 0.2) is 0 Å². The summed E-state index contributed by atoms with van der Waals surface area (Å²) in [6, 6.07) is -0.0601. The molecular weight excluding hydrogens is 234 g/mol. The predicted octanol–water partition coefficient (Wildman–Crippen LogP) is 1.17. The molecule has 0 bridgehead atoms. The van der Waals surface area contributed by atoms with Crippen LogP contribution in [-0.4, -0.2) is 34.2 Å². The molecule has 2 fully saturated rings. The van der Waals surface area contributed by atoms with Crippen LogP contribution in [0.3, 0.4) is 0 Å². The van der Waals surface area contributed by atoms with Gasteiger partial charge < -0.3 is 15.2 Å². The average Bonchev–Trinajstić information content (AvgIpc) is 2.89. The summed E-state index contributed by atoms with van der Waals surface area (Å²) in [5.41, 5.74) is -0.663. The van der Waals surface area contributed by atoms with Crippen molar-refractivity contribution < 1.29 is 19.4 Å². The van der Waals surface area contributed by atoms with E-state index in [0.717, 1.165) is 6.42 Å². The number of carbonyl (C=O) groups is 2. The lowest BCUT2D eigenvalue weighted by Gasteiger charge is -2.27. The molecule has 0 radical (unpaired) electrons. The Labute approximate surface area is 107 Å². The molecule has 18 heavy (non-hydrogen) atoms. The zero-order chi connectivity index (χ0) is 13.7. The highest BCUT2D eigenvalue weighted by Gasteiger charge is 2.51. The van der Waals surface area contributed by atoms with Crippen molar-refractivity contribution in [3.63, 3.8) is 0 Å². The van der Waals surface area contributed by atoms with E-state index in [9.17, 15) is 9.59 Å². The number of carbonyl (C=O) groups excluding carboxylic acids is 1. The highest BCUT2D eigenvalue weighted by molar-refractivity contribution is 5.89. The SMILES string of the molecule is CC1(C)CC(NC(=O)C2CC2C(=O)O)C(C)(C)O1. The zero-order valence-electron chi connectivity index (χ0n) is 11.3. The van der Waals surface area contributed by atoms with E-state index in [2.05, 4.69) is 5.32 Å². The monoisotopic (exact) mass is 255 g/mol. The van der Waals surface area contributed by atoms with Gasteiger partial charge in [-0.1, -0.05) is 0 Å². The smallest absolute Gasteiger partial charge is 0.307 e. The van der Waals surface area contributed by atoms with E-state index in [0.29, 0.717) is 6.42 Å². The summed E-state index contributed by atoms with van der Waals surface area (Å²) in [6.45, 7) is 7.90. The molecule has 2 N–H and O–H groups in total. The molecule has 0 aromatic carbocycles. The number of nitrogens with one attached hydrogen (secondary N) is 1. The Morgan fingerprint density at radius 1 is 1.22 bits per heavy atom. The minimum absolute atomic E-state index is 0.0601. The van der Waals surface area contributed by atoms with Gasteiger partial charge in [-0.2, -0.15) is 0 Å². The van der Waals surface area contributed by atoms with E-state index < -0.39 is 17.5 Å². The Balaban J connectivity index is 1.95. The lowest BCUT2D eigenvalue weighted by Crippen LogP contribution is -2.46. The summed E-state index contributed by atoms with van der Waals surface area (Å²) >= 11 is 0. The van der Waals surface area contributed by atoms with Crippen molar-refractivity contribution in [2.45, 2.75) is 57.8 Å². The quantitative estimate of drug-likeness (QED) is 0.793. The maximum atomic E-state index is 11.9. The van der Waals surface area contributed by atoms with E-state index in [4.69, 9.17) is 9.84 Å². The molecule has 0 aromatic rings. The van der Waals surface area contributed by atoms with Crippen LogP contribution < -0.4 is 5.32 Å². The van der Waals surface area contributed by atoms with Gasteiger partial charge in [0, 0.05) is 0 Å². The predicted molar refractivity (Wildman–Crippen MR) is 65.0 cm³/mol. The first-order valence-corrected chi connectivity index (χ1v) is 6.36. The van der Waals surface area contributed by atoms with E-state index in [-0.39, 0.29) is 23.5 Å². The first-order valence-electron chi connectivity index (χ1n) is 6.36. The topological polar surface area (TPSA) is 75.6 Å². The number of carboxylic acids is 1. The first-order chi connectivity index (χ1) is 8.12. The molecule has 0 aromatic heterocycles. The van der Waals surface area contributed by atoms with E-state index >= 15 is 0 Å². The Bertz CT molecular complexity index is 388. The lowest BCUT2D eigenvalue weighted by atomic mass is 9.94. The van der Waals surface area contributed by atoms with Crippen molar-refractivity contribution in [3.8, 4) is 0 Å². The summed E-state index contributed by atoms with van der Waals surface area (Å²) < 4.78 is 5.89. The Morgan fingerprint density at radius 3 is 2.22 bits per heavy atom. The normalized spacial score (nSPS) is 36.1. The lowest BCUT2D eigenvalue weighted by molar-refractivity contribution is -0.140. The summed E-state index contributed by atoms with van der Waals surface area (Å²) in [7, 11) is 0. The fourth-order valence-corrected chi connectivity index (χ4v) is 2.82. The molecule has 3 unspecified atom stereocenters.